The second-order valence-electron chi connectivity index (χ2n) is 3.10. The van der Waals surface area contributed by atoms with Crippen LogP contribution in [-0.4, -0.2) is 5.11 Å². The van der Waals surface area contributed by atoms with E-state index in [1.54, 1.807) is 6.07 Å². The predicted octanol–water partition coefficient (Wildman–Crippen LogP) is 1.86. The summed E-state index contributed by atoms with van der Waals surface area (Å²) in [6.07, 6.45) is 0. The Bertz CT molecular complexity index is 560. The zero-order chi connectivity index (χ0) is 10.3. The van der Waals surface area contributed by atoms with Crippen molar-refractivity contribution in [2.45, 2.75) is 6.92 Å². The van der Waals surface area contributed by atoms with Gasteiger partial charge in [0, 0.05) is 10.1 Å². The van der Waals surface area contributed by atoms with Gasteiger partial charge in [0.2, 0.25) is 5.43 Å². The Morgan fingerprint density at radius 1 is 1.43 bits per heavy atom. The lowest BCUT2D eigenvalue weighted by Crippen LogP contribution is -2.07. The second kappa shape index (κ2) is 2.99. The summed E-state index contributed by atoms with van der Waals surface area (Å²) in [4.78, 5) is 11.6. The molecular weight excluding hydrogens is 198 g/mol. The second-order valence-corrected chi connectivity index (χ2v) is 4.10. The third-order valence-corrected chi connectivity index (χ3v) is 3.29. The maximum Gasteiger partial charge on any atom is 0.214 e. The van der Waals surface area contributed by atoms with E-state index in [-0.39, 0.29) is 16.2 Å². The standard InChI is InChI=1S/C10H9NO2S/c1-5-3-2-4-6-8(12)7(11)10(13)14-9(5)6/h2-4,13H,11H2,1H3. The summed E-state index contributed by atoms with van der Waals surface area (Å²) >= 11 is 1.14. The molecule has 0 spiro atoms. The molecule has 1 heterocycles. The van der Waals surface area contributed by atoms with Gasteiger partial charge in [-0.3, -0.25) is 4.79 Å². The van der Waals surface area contributed by atoms with Crippen LogP contribution in [0.5, 0.6) is 5.06 Å². The first-order chi connectivity index (χ1) is 6.61. The molecular formula is C10H9NO2S. The number of hydrogen-bond donors (Lipinski definition) is 2. The van der Waals surface area contributed by atoms with Gasteiger partial charge < -0.3 is 10.8 Å². The lowest BCUT2D eigenvalue weighted by molar-refractivity contribution is 0.492. The zero-order valence-electron chi connectivity index (χ0n) is 7.57. The van der Waals surface area contributed by atoms with Crippen molar-refractivity contribution in [1.82, 2.24) is 0 Å². The van der Waals surface area contributed by atoms with Gasteiger partial charge in [0.05, 0.1) is 0 Å². The van der Waals surface area contributed by atoms with Crippen molar-refractivity contribution in [3.05, 3.63) is 34.0 Å². The van der Waals surface area contributed by atoms with Gasteiger partial charge in [-0.2, -0.15) is 0 Å². The lowest BCUT2D eigenvalue weighted by Gasteiger charge is -2.02. The minimum Gasteiger partial charge on any atom is -0.498 e. The molecule has 0 fully saturated rings. The molecule has 3 N–H and O–H groups in total. The van der Waals surface area contributed by atoms with Crippen LogP contribution in [0.15, 0.2) is 23.0 Å². The summed E-state index contributed by atoms with van der Waals surface area (Å²) in [7, 11) is 0. The van der Waals surface area contributed by atoms with Crippen LogP contribution in [0, 0.1) is 6.92 Å². The van der Waals surface area contributed by atoms with Crippen molar-refractivity contribution in [3.8, 4) is 5.06 Å². The Hall–Kier alpha value is -1.55. The number of rotatable bonds is 0. The number of hydrogen-bond acceptors (Lipinski definition) is 4. The molecule has 3 nitrogen and oxygen atoms in total. The maximum absolute atomic E-state index is 11.6. The zero-order valence-corrected chi connectivity index (χ0v) is 8.39. The Labute approximate surface area is 84.4 Å². The monoisotopic (exact) mass is 207 g/mol. The normalized spacial score (nSPS) is 10.6. The first-order valence-electron chi connectivity index (χ1n) is 4.12. The molecule has 0 aliphatic carbocycles. The highest BCUT2D eigenvalue weighted by molar-refractivity contribution is 7.20. The molecule has 0 atom stereocenters. The van der Waals surface area contributed by atoms with Gasteiger partial charge in [-0.1, -0.05) is 23.5 Å². The number of benzene rings is 1. The Morgan fingerprint density at radius 2 is 2.14 bits per heavy atom. The van der Waals surface area contributed by atoms with E-state index in [2.05, 4.69) is 0 Å². The van der Waals surface area contributed by atoms with Crippen molar-refractivity contribution in [2.75, 3.05) is 5.73 Å². The molecule has 0 aliphatic rings. The molecule has 0 radical (unpaired) electrons. The topological polar surface area (TPSA) is 63.3 Å². The largest absolute Gasteiger partial charge is 0.498 e. The molecule has 1 aromatic carbocycles. The van der Waals surface area contributed by atoms with Crippen LogP contribution in [-0.2, 0) is 0 Å². The fourth-order valence-electron chi connectivity index (χ4n) is 1.36. The van der Waals surface area contributed by atoms with E-state index < -0.39 is 0 Å². The van der Waals surface area contributed by atoms with Crippen LogP contribution in [0.3, 0.4) is 0 Å². The minimum atomic E-state index is -0.292. The van der Waals surface area contributed by atoms with Crippen molar-refractivity contribution >= 4 is 27.1 Å². The summed E-state index contributed by atoms with van der Waals surface area (Å²) in [6.45, 7) is 1.90. The Morgan fingerprint density at radius 3 is 2.86 bits per heavy atom. The predicted molar refractivity (Wildman–Crippen MR) is 58.9 cm³/mol. The highest BCUT2D eigenvalue weighted by Crippen LogP contribution is 2.30. The maximum atomic E-state index is 11.6. The molecule has 0 unspecified atom stereocenters. The van der Waals surface area contributed by atoms with E-state index in [0.29, 0.717) is 5.39 Å². The van der Waals surface area contributed by atoms with Crippen LogP contribution in [0.25, 0.3) is 10.1 Å². The number of anilines is 1. The van der Waals surface area contributed by atoms with Crippen LogP contribution in [0.2, 0.25) is 0 Å². The number of aryl methyl sites for hydroxylation is 1. The third kappa shape index (κ3) is 1.15. The van der Waals surface area contributed by atoms with Crippen LogP contribution >= 0.6 is 11.3 Å². The van der Waals surface area contributed by atoms with E-state index in [1.807, 2.05) is 19.1 Å². The van der Waals surface area contributed by atoms with E-state index >= 15 is 0 Å². The fraction of sp³-hybridized carbons (Fsp3) is 0.100. The van der Waals surface area contributed by atoms with Gasteiger partial charge in [-0.05, 0) is 18.6 Å². The van der Waals surface area contributed by atoms with Crippen LogP contribution in [0.1, 0.15) is 5.56 Å². The molecule has 0 aliphatic heterocycles. The number of nitrogens with two attached hydrogens (primary N) is 1. The van der Waals surface area contributed by atoms with E-state index in [1.165, 1.54) is 0 Å². The lowest BCUT2D eigenvalue weighted by atomic mass is 10.2. The fourth-order valence-corrected chi connectivity index (χ4v) is 2.26. The summed E-state index contributed by atoms with van der Waals surface area (Å²) in [6, 6.07) is 5.42. The quantitative estimate of drug-likeness (QED) is 0.693. The van der Waals surface area contributed by atoms with Crippen molar-refractivity contribution < 1.29 is 5.11 Å². The van der Waals surface area contributed by atoms with Crippen LogP contribution in [0.4, 0.5) is 5.69 Å². The van der Waals surface area contributed by atoms with Gasteiger partial charge in [0.15, 0.2) is 5.06 Å². The molecule has 2 rings (SSSR count). The Kier molecular flexibility index (Phi) is 1.93. The highest BCUT2D eigenvalue weighted by atomic mass is 32.1. The van der Waals surface area contributed by atoms with Gasteiger partial charge in [-0.25, -0.2) is 0 Å². The summed E-state index contributed by atoms with van der Waals surface area (Å²) in [5.74, 6) is 0. The average Bonchev–Trinajstić information content (AvgIpc) is 2.17. The van der Waals surface area contributed by atoms with Gasteiger partial charge in [-0.15, -0.1) is 0 Å². The molecule has 2 aromatic rings. The summed E-state index contributed by atoms with van der Waals surface area (Å²) in [5.41, 5.74) is 6.06. The molecule has 0 saturated heterocycles. The SMILES string of the molecule is Cc1cccc2c(=O)c(N)c(O)sc12. The Balaban J connectivity index is 3.06. The van der Waals surface area contributed by atoms with Gasteiger partial charge >= 0.3 is 0 Å². The molecule has 0 amide bonds. The number of aromatic hydroxyl groups is 1. The van der Waals surface area contributed by atoms with Gasteiger partial charge in [0.1, 0.15) is 5.69 Å². The van der Waals surface area contributed by atoms with Crippen molar-refractivity contribution in [1.29, 1.82) is 0 Å². The molecule has 72 valence electrons. The molecule has 4 heteroatoms. The summed E-state index contributed by atoms with van der Waals surface area (Å²) < 4.78 is 0.796. The smallest absolute Gasteiger partial charge is 0.214 e. The third-order valence-electron chi connectivity index (χ3n) is 2.13. The first kappa shape index (κ1) is 9.02. The highest BCUT2D eigenvalue weighted by Gasteiger charge is 2.09. The minimum absolute atomic E-state index is 0.0619. The molecule has 14 heavy (non-hydrogen) atoms. The molecule has 0 saturated carbocycles. The van der Waals surface area contributed by atoms with E-state index in [9.17, 15) is 9.90 Å². The summed E-state index contributed by atoms with van der Waals surface area (Å²) in [5, 5.41) is 9.89. The number of nitrogen functional groups attached to an aromatic ring is 1. The number of fused-ring (bicyclic) bond motifs is 1. The van der Waals surface area contributed by atoms with E-state index in [4.69, 9.17) is 5.73 Å². The van der Waals surface area contributed by atoms with Crippen molar-refractivity contribution in [2.24, 2.45) is 0 Å². The average molecular weight is 207 g/mol. The van der Waals surface area contributed by atoms with Gasteiger partial charge in [0.25, 0.3) is 0 Å². The first-order valence-corrected chi connectivity index (χ1v) is 4.94. The van der Waals surface area contributed by atoms with E-state index in [0.717, 1.165) is 21.6 Å². The molecule has 1 aromatic heterocycles. The van der Waals surface area contributed by atoms with Crippen molar-refractivity contribution in [3.63, 3.8) is 0 Å². The van der Waals surface area contributed by atoms with Crippen LogP contribution < -0.4 is 11.2 Å². The molecule has 0 bridgehead atoms.